The molecule has 0 aliphatic carbocycles. The van der Waals surface area contributed by atoms with Gasteiger partial charge in [0.05, 0.1) is 25.5 Å². The number of hydrogen-bond donors (Lipinski definition) is 2. The van der Waals surface area contributed by atoms with Gasteiger partial charge in [0, 0.05) is 32.6 Å². The van der Waals surface area contributed by atoms with Gasteiger partial charge in [0.2, 0.25) is 11.8 Å². The van der Waals surface area contributed by atoms with E-state index in [0.29, 0.717) is 30.8 Å². The number of likely N-dealkylation sites (tertiary alicyclic amines) is 1. The van der Waals surface area contributed by atoms with Gasteiger partial charge in [-0.2, -0.15) is 0 Å². The SMILES string of the molecule is COC(=O)C[C@@H]1C[C@@H](COc2ccc(-c3ccc(C(=N)N)cc3)cc2)N(CCN(C)C(C)=O)C1=O.Cl. The fourth-order valence-electron chi connectivity index (χ4n) is 4.07. The van der Waals surface area contributed by atoms with Crippen molar-refractivity contribution in [3.05, 3.63) is 54.1 Å². The van der Waals surface area contributed by atoms with Crippen LogP contribution in [-0.2, 0) is 19.1 Å². The van der Waals surface area contributed by atoms with E-state index < -0.39 is 11.9 Å². The molecule has 36 heavy (non-hydrogen) atoms. The van der Waals surface area contributed by atoms with Crippen LogP contribution < -0.4 is 10.5 Å². The topological polar surface area (TPSA) is 126 Å². The van der Waals surface area contributed by atoms with Crippen molar-refractivity contribution >= 4 is 36.0 Å². The van der Waals surface area contributed by atoms with Crippen molar-refractivity contribution in [1.82, 2.24) is 9.80 Å². The molecular formula is C26H33ClN4O5. The van der Waals surface area contributed by atoms with Gasteiger partial charge in [0.1, 0.15) is 18.2 Å². The molecule has 2 atom stereocenters. The van der Waals surface area contributed by atoms with Gasteiger partial charge in [-0.25, -0.2) is 0 Å². The summed E-state index contributed by atoms with van der Waals surface area (Å²) in [6.07, 6.45) is 0.514. The zero-order valence-electron chi connectivity index (χ0n) is 20.7. The molecule has 0 aromatic heterocycles. The Morgan fingerprint density at radius 3 is 2.22 bits per heavy atom. The lowest BCUT2D eigenvalue weighted by Gasteiger charge is -2.27. The Morgan fingerprint density at radius 2 is 1.69 bits per heavy atom. The molecule has 0 saturated carbocycles. The van der Waals surface area contributed by atoms with Crippen molar-refractivity contribution < 1.29 is 23.9 Å². The number of carbonyl (C=O) groups excluding carboxylic acids is 3. The first-order chi connectivity index (χ1) is 16.7. The molecular weight excluding hydrogens is 484 g/mol. The Labute approximate surface area is 217 Å². The van der Waals surface area contributed by atoms with E-state index in [1.165, 1.54) is 14.0 Å². The number of amides is 2. The maximum Gasteiger partial charge on any atom is 0.306 e. The third kappa shape index (κ3) is 7.21. The number of nitrogens with one attached hydrogen (secondary N) is 1. The number of nitrogens with two attached hydrogens (primary N) is 1. The lowest BCUT2D eigenvalue weighted by atomic mass is 10.0. The summed E-state index contributed by atoms with van der Waals surface area (Å²) in [7, 11) is 3.00. The van der Waals surface area contributed by atoms with E-state index in [4.69, 9.17) is 20.6 Å². The molecule has 2 aromatic rings. The number of nitrogens with zero attached hydrogens (tertiary/aromatic N) is 2. The van der Waals surface area contributed by atoms with Gasteiger partial charge in [0.15, 0.2) is 0 Å². The molecule has 0 radical (unpaired) electrons. The van der Waals surface area contributed by atoms with Crippen LogP contribution >= 0.6 is 12.4 Å². The van der Waals surface area contributed by atoms with Crippen molar-refractivity contribution in [2.24, 2.45) is 11.7 Å². The Morgan fingerprint density at radius 1 is 1.11 bits per heavy atom. The molecule has 1 heterocycles. The van der Waals surface area contributed by atoms with Crippen molar-refractivity contribution in [1.29, 1.82) is 5.41 Å². The highest BCUT2D eigenvalue weighted by molar-refractivity contribution is 5.95. The molecule has 1 fully saturated rings. The minimum atomic E-state index is -0.459. The number of benzene rings is 2. The van der Waals surface area contributed by atoms with E-state index in [1.807, 2.05) is 48.5 Å². The molecule has 3 rings (SSSR count). The molecule has 9 nitrogen and oxygen atoms in total. The van der Waals surface area contributed by atoms with Gasteiger partial charge in [-0.05, 0) is 29.7 Å². The van der Waals surface area contributed by atoms with Gasteiger partial charge in [-0.15, -0.1) is 12.4 Å². The van der Waals surface area contributed by atoms with Gasteiger partial charge in [0.25, 0.3) is 0 Å². The molecule has 10 heteroatoms. The van der Waals surface area contributed by atoms with Crippen LogP contribution in [0.4, 0.5) is 0 Å². The molecule has 3 N–H and O–H groups in total. The van der Waals surface area contributed by atoms with E-state index in [-0.39, 0.29) is 49.1 Å². The van der Waals surface area contributed by atoms with Crippen molar-refractivity contribution in [3.63, 3.8) is 0 Å². The second-order valence-electron chi connectivity index (χ2n) is 8.67. The summed E-state index contributed by atoms with van der Waals surface area (Å²) in [6, 6.07) is 14.8. The normalized spacial score (nSPS) is 16.8. The Hall–Kier alpha value is -3.59. The zero-order valence-corrected chi connectivity index (χ0v) is 21.5. The lowest BCUT2D eigenvalue weighted by Crippen LogP contribution is -2.42. The number of carbonyl (C=O) groups is 3. The summed E-state index contributed by atoms with van der Waals surface area (Å²) < 4.78 is 10.8. The largest absolute Gasteiger partial charge is 0.491 e. The lowest BCUT2D eigenvalue weighted by molar-refractivity contribution is -0.145. The number of hydrogen-bond acceptors (Lipinski definition) is 6. The van der Waals surface area contributed by atoms with E-state index in [2.05, 4.69) is 0 Å². The average Bonchev–Trinajstić information content (AvgIpc) is 3.15. The molecule has 1 aliphatic rings. The highest BCUT2D eigenvalue weighted by Gasteiger charge is 2.40. The summed E-state index contributed by atoms with van der Waals surface area (Å²) in [5.74, 6) is -0.381. The van der Waals surface area contributed by atoms with Gasteiger partial charge < -0.3 is 25.0 Å². The predicted molar refractivity (Wildman–Crippen MR) is 139 cm³/mol. The van der Waals surface area contributed by atoms with Crippen LogP contribution in [0.5, 0.6) is 5.75 Å². The summed E-state index contributed by atoms with van der Waals surface area (Å²) in [5.41, 5.74) is 8.18. The molecule has 0 bridgehead atoms. The Kier molecular flexibility index (Phi) is 10.3. The standard InChI is InChI=1S/C26H32N4O5.ClH/c1-17(31)29(2)12-13-30-22(14-21(26(30)33)15-24(32)34-3)16-35-23-10-8-19(9-11-23)18-4-6-20(7-5-18)25(27)28;/h4-11,21-22H,12-16H2,1-3H3,(H3,27,28);1H/t21-,22-;/m0./s1. The summed E-state index contributed by atoms with van der Waals surface area (Å²) in [5, 5.41) is 7.50. The summed E-state index contributed by atoms with van der Waals surface area (Å²) in [4.78, 5) is 39.6. The monoisotopic (exact) mass is 516 g/mol. The molecule has 194 valence electrons. The molecule has 1 saturated heterocycles. The number of likely N-dealkylation sites (N-methyl/N-ethyl adjacent to an activating group) is 1. The van der Waals surface area contributed by atoms with Gasteiger partial charge in [-0.3, -0.25) is 19.8 Å². The van der Waals surface area contributed by atoms with E-state index in [1.54, 1.807) is 16.8 Å². The summed E-state index contributed by atoms with van der Waals surface area (Å²) >= 11 is 0. The number of esters is 1. The quantitative estimate of drug-likeness (QED) is 0.284. The van der Waals surface area contributed by atoms with Crippen LogP contribution in [-0.4, -0.2) is 73.3 Å². The highest BCUT2D eigenvalue weighted by atomic mass is 35.5. The number of nitrogen functional groups attached to an aromatic ring is 1. The van der Waals surface area contributed by atoms with Crippen LogP contribution in [0.15, 0.2) is 48.5 Å². The number of amidine groups is 1. The van der Waals surface area contributed by atoms with Crippen molar-refractivity contribution in [3.8, 4) is 16.9 Å². The van der Waals surface area contributed by atoms with Gasteiger partial charge in [-0.1, -0.05) is 36.4 Å². The second kappa shape index (κ2) is 12.9. The summed E-state index contributed by atoms with van der Waals surface area (Å²) in [6.45, 7) is 2.53. The van der Waals surface area contributed by atoms with Crippen LogP contribution in [0.2, 0.25) is 0 Å². The minimum Gasteiger partial charge on any atom is -0.491 e. The van der Waals surface area contributed by atoms with Gasteiger partial charge >= 0.3 is 5.97 Å². The smallest absolute Gasteiger partial charge is 0.306 e. The first kappa shape index (κ1) is 28.6. The minimum absolute atomic E-state index is 0. The van der Waals surface area contributed by atoms with Crippen LogP contribution in [0, 0.1) is 11.3 Å². The molecule has 2 aromatic carbocycles. The number of rotatable bonds is 10. The number of ether oxygens (including phenoxy) is 2. The Bertz CT molecular complexity index is 1070. The van der Waals surface area contributed by atoms with Crippen molar-refractivity contribution in [2.75, 3.05) is 33.9 Å². The molecule has 1 aliphatic heterocycles. The van der Waals surface area contributed by atoms with Crippen LogP contribution in [0.3, 0.4) is 0 Å². The highest BCUT2D eigenvalue weighted by Crippen LogP contribution is 2.29. The van der Waals surface area contributed by atoms with Crippen LogP contribution in [0.25, 0.3) is 11.1 Å². The van der Waals surface area contributed by atoms with Crippen LogP contribution in [0.1, 0.15) is 25.3 Å². The first-order valence-corrected chi connectivity index (χ1v) is 11.5. The van der Waals surface area contributed by atoms with E-state index in [0.717, 1.165) is 11.1 Å². The third-order valence-corrected chi connectivity index (χ3v) is 6.31. The molecule has 0 unspecified atom stereocenters. The average molecular weight is 517 g/mol. The van der Waals surface area contributed by atoms with E-state index >= 15 is 0 Å². The fourth-order valence-corrected chi connectivity index (χ4v) is 4.07. The van der Waals surface area contributed by atoms with E-state index in [9.17, 15) is 14.4 Å². The Balaban J connectivity index is 0.00000456. The van der Waals surface area contributed by atoms with Crippen molar-refractivity contribution in [2.45, 2.75) is 25.8 Å². The first-order valence-electron chi connectivity index (χ1n) is 11.5. The number of methoxy groups -OCH3 is 1. The maximum absolute atomic E-state index is 13.0. The fraction of sp³-hybridized carbons (Fsp3) is 0.385. The third-order valence-electron chi connectivity index (χ3n) is 6.31. The zero-order chi connectivity index (χ0) is 25.5. The number of halogens is 1. The maximum atomic E-state index is 13.0. The molecule has 2 amide bonds. The predicted octanol–water partition coefficient (Wildman–Crippen LogP) is 2.70. The second-order valence-corrected chi connectivity index (χ2v) is 8.67. The molecule has 0 spiro atoms.